The molecule has 0 radical (unpaired) electrons. The molecule has 4 nitrogen and oxygen atoms in total. The normalized spacial score (nSPS) is 18.3. The first-order valence-electron chi connectivity index (χ1n) is 7.54. The summed E-state index contributed by atoms with van der Waals surface area (Å²) in [6, 6.07) is 7.83. The van der Waals surface area contributed by atoms with Crippen molar-refractivity contribution in [3.63, 3.8) is 0 Å². The number of thiocarbonyl (C=S) groups is 1. The molecular weight excluding hydrogens is 350 g/mol. The first kappa shape index (κ1) is 16.6. The quantitative estimate of drug-likeness (QED) is 0.843. The van der Waals surface area contributed by atoms with E-state index in [-0.39, 0.29) is 6.10 Å². The fourth-order valence-electron chi connectivity index (χ4n) is 2.45. The van der Waals surface area contributed by atoms with E-state index in [0.717, 1.165) is 41.4 Å². The van der Waals surface area contributed by atoms with Crippen molar-refractivity contribution < 1.29 is 4.74 Å². The summed E-state index contributed by atoms with van der Waals surface area (Å²) in [5, 5.41) is 6.43. The standard InChI is InChI=1S/C16H18ClN3OS2/c17-14-6-2-1-4-12(14)11-20-7-9-23-16(20)19-15(22)18-10-13-5-3-8-21-13/h1-2,4,6-7,9,13H,3,5,8,10-11H2,(H,18,22)/t13-/m1/s1. The Morgan fingerprint density at radius 1 is 1.48 bits per heavy atom. The number of halogens is 1. The number of ether oxygens (including phenoxy) is 1. The van der Waals surface area contributed by atoms with E-state index in [0.29, 0.717) is 11.7 Å². The predicted molar refractivity (Wildman–Crippen MR) is 98.0 cm³/mol. The summed E-state index contributed by atoms with van der Waals surface area (Å²) in [4.78, 5) is 5.37. The summed E-state index contributed by atoms with van der Waals surface area (Å²) >= 11 is 13.1. The van der Waals surface area contributed by atoms with Crippen molar-refractivity contribution in [1.82, 2.24) is 9.88 Å². The van der Waals surface area contributed by atoms with E-state index in [2.05, 4.69) is 10.3 Å². The molecule has 1 atom stereocenters. The number of thiazole rings is 1. The molecule has 3 rings (SSSR count). The zero-order chi connectivity index (χ0) is 16.1. The second-order valence-corrected chi connectivity index (χ2v) is 7.00. The van der Waals surface area contributed by atoms with Crippen LogP contribution in [0.2, 0.25) is 5.02 Å². The lowest BCUT2D eigenvalue weighted by Crippen LogP contribution is -2.31. The van der Waals surface area contributed by atoms with Gasteiger partial charge in [-0.3, -0.25) is 0 Å². The monoisotopic (exact) mass is 367 g/mol. The molecule has 122 valence electrons. The summed E-state index contributed by atoms with van der Waals surface area (Å²) in [7, 11) is 0. The smallest absolute Gasteiger partial charge is 0.195 e. The molecule has 2 aromatic rings. The van der Waals surface area contributed by atoms with E-state index in [1.807, 2.05) is 40.4 Å². The summed E-state index contributed by atoms with van der Waals surface area (Å²) in [5.74, 6) is 0. The molecule has 1 fully saturated rings. The molecule has 23 heavy (non-hydrogen) atoms. The number of aromatic nitrogens is 1. The average Bonchev–Trinajstić information content (AvgIpc) is 3.20. The highest BCUT2D eigenvalue weighted by molar-refractivity contribution is 7.80. The lowest BCUT2D eigenvalue weighted by Gasteiger charge is -2.10. The largest absolute Gasteiger partial charge is 0.376 e. The highest BCUT2D eigenvalue weighted by atomic mass is 35.5. The molecule has 1 aromatic carbocycles. The Kier molecular flexibility index (Phi) is 5.83. The Morgan fingerprint density at radius 3 is 3.13 bits per heavy atom. The van der Waals surface area contributed by atoms with Crippen LogP contribution in [0.1, 0.15) is 18.4 Å². The van der Waals surface area contributed by atoms with Gasteiger partial charge >= 0.3 is 0 Å². The SMILES string of the molecule is S=C(N=c1sccn1Cc1ccccc1Cl)NC[C@H]1CCCO1. The number of nitrogens with one attached hydrogen (secondary N) is 1. The number of benzene rings is 1. The molecule has 1 aliphatic rings. The van der Waals surface area contributed by atoms with E-state index >= 15 is 0 Å². The summed E-state index contributed by atoms with van der Waals surface area (Å²) in [6.07, 6.45) is 4.46. The Bertz CT molecular complexity index is 735. The molecule has 0 saturated carbocycles. The molecule has 1 N–H and O–H groups in total. The third-order valence-electron chi connectivity index (χ3n) is 3.66. The average molecular weight is 368 g/mol. The van der Waals surface area contributed by atoms with E-state index < -0.39 is 0 Å². The van der Waals surface area contributed by atoms with Gasteiger partial charge in [0.15, 0.2) is 9.91 Å². The summed E-state index contributed by atoms with van der Waals surface area (Å²) in [6.45, 7) is 2.24. The fourth-order valence-corrected chi connectivity index (χ4v) is 3.61. The van der Waals surface area contributed by atoms with Gasteiger partial charge in [-0.25, -0.2) is 0 Å². The number of rotatable bonds is 4. The Balaban J connectivity index is 1.67. The van der Waals surface area contributed by atoms with Crippen molar-refractivity contribution in [2.24, 2.45) is 4.99 Å². The molecule has 0 aliphatic carbocycles. The lowest BCUT2D eigenvalue weighted by atomic mass is 10.2. The topological polar surface area (TPSA) is 38.5 Å². The van der Waals surface area contributed by atoms with Crippen molar-refractivity contribution in [1.29, 1.82) is 0 Å². The van der Waals surface area contributed by atoms with E-state index in [9.17, 15) is 0 Å². The maximum Gasteiger partial charge on any atom is 0.195 e. The molecule has 1 saturated heterocycles. The molecule has 0 bridgehead atoms. The van der Waals surface area contributed by atoms with Gasteiger partial charge in [0.2, 0.25) is 0 Å². The van der Waals surface area contributed by atoms with Crippen molar-refractivity contribution in [3.8, 4) is 0 Å². The van der Waals surface area contributed by atoms with Gasteiger partial charge in [0.1, 0.15) is 0 Å². The molecule has 2 heterocycles. The highest BCUT2D eigenvalue weighted by Gasteiger charge is 2.15. The lowest BCUT2D eigenvalue weighted by molar-refractivity contribution is 0.114. The molecular formula is C16H18ClN3OS2. The van der Waals surface area contributed by atoms with Crippen LogP contribution in [0.3, 0.4) is 0 Å². The van der Waals surface area contributed by atoms with Crippen molar-refractivity contribution >= 4 is 40.3 Å². The van der Waals surface area contributed by atoms with Crippen molar-refractivity contribution in [2.75, 3.05) is 13.2 Å². The second kappa shape index (κ2) is 8.06. The number of hydrogen-bond acceptors (Lipinski definition) is 3. The zero-order valence-corrected chi connectivity index (χ0v) is 15.0. The Hall–Kier alpha value is -1.21. The first-order chi connectivity index (χ1) is 11.2. The third-order valence-corrected chi connectivity index (χ3v) is 5.06. The molecule has 7 heteroatoms. The van der Waals surface area contributed by atoms with Gasteiger partial charge in [0, 0.05) is 29.8 Å². The van der Waals surface area contributed by atoms with Crippen LogP contribution in [0.4, 0.5) is 0 Å². The van der Waals surface area contributed by atoms with Gasteiger partial charge in [0.25, 0.3) is 0 Å². The molecule has 0 amide bonds. The van der Waals surface area contributed by atoms with E-state index in [1.54, 1.807) is 11.3 Å². The molecule has 1 aliphatic heterocycles. The highest BCUT2D eigenvalue weighted by Crippen LogP contribution is 2.15. The number of hydrogen-bond donors (Lipinski definition) is 1. The first-order valence-corrected chi connectivity index (χ1v) is 9.20. The van der Waals surface area contributed by atoms with Crippen LogP contribution in [0, 0.1) is 0 Å². The Morgan fingerprint density at radius 2 is 2.35 bits per heavy atom. The predicted octanol–water partition coefficient (Wildman–Crippen LogP) is 3.21. The van der Waals surface area contributed by atoms with Gasteiger partial charge in [-0.1, -0.05) is 29.8 Å². The van der Waals surface area contributed by atoms with Crippen LogP contribution in [0.25, 0.3) is 0 Å². The van der Waals surface area contributed by atoms with Gasteiger partial charge in [-0.2, -0.15) is 4.99 Å². The second-order valence-electron chi connectivity index (χ2n) is 5.34. The van der Waals surface area contributed by atoms with Crippen molar-refractivity contribution in [2.45, 2.75) is 25.5 Å². The minimum Gasteiger partial charge on any atom is -0.376 e. The van der Waals surface area contributed by atoms with Gasteiger partial charge < -0.3 is 14.6 Å². The van der Waals surface area contributed by atoms with Crippen LogP contribution in [0.15, 0.2) is 40.8 Å². The maximum atomic E-state index is 6.23. The van der Waals surface area contributed by atoms with Crippen LogP contribution < -0.4 is 10.1 Å². The summed E-state index contributed by atoms with van der Waals surface area (Å²) in [5.41, 5.74) is 1.06. The molecule has 0 unspecified atom stereocenters. The third kappa shape index (κ3) is 4.64. The van der Waals surface area contributed by atoms with Gasteiger partial charge in [-0.05, 0) is 36.7 Å². The van der Waals surface area contributed by atoms with E-state index in [1.165, 1.54) is 0 Å². The maximum absolute atomic E-state index is 6.23. The summed E-state index contributed by atoms with van der Waals surface area (Å²) < 4.78 is 7.62. The van der Waals surface area contributed by atoms with Gasteiger partial charge in [-0.15, -0.1) is 11.3 Å². The minimum absolute atomic E-state index is 0.252. The minimum atomic E-state index is 0.252. The van der Waals surface area contributed by atoms with Crippen molar-refractivity contribution in [3.05, 3.63) is 51.2 Å². The van der Waals surface area contributed by atoms with Crippen LogP contribution in [0.5, 0.6) is 0 Å². The fraction of sp³-hybridized carbons (Fsp3) is 0.375. The molecule has 0 spiro atoms. The van der Waals surface area contributed by atoms with Crippen LogP contribution in [-0.2, 0) is 11.3 Å². The molecule has 1 aromatic heterocycles. The van der Waals surface area contributed by atoms with Crippen LogP contribution >= 0.6 is 35.2 Å². The van der Waals surface area contributed by atoms with E-state index in [4.69, 9.17) is 28.6 Å². The Labute approximate surface area is 149 Å². The zero-order valence-electron chi connectivity index (χ0n) is 12.6. The van der Waals surface area contributed by atoms with Crippen LogP contribution in [-0.4, -0.2) is 28.9 Å². The van der Waals surface area contributed by atoms with Gasteiger partial charge in [0.05, 0.1) is 12.6 Å². The number of nitrogens with zero attached hydrogens (tertiary/aromatic N) is 2.